The van der Waals surface area contributed by atoms with E-state index in [1.165, 1.54) is 0 Å². The van der Waals surface area contributed by atoms with Gasteiger partial charge in [0.05, 0.1) is 26.1 Å². The molecule has 0 atom stereocenters. The van der Waals surface area contributed by atoms with E-state index in [0.29, 0.717) is 5.88 Å². The van der Waals surface area contributed by atoms with Crippen LogP contribution in [0.2, 0.25) is 0 Å². The van der Waals surface area contributed by atoms with Crippen LogP contribution in [0.4, 0.5) is 45.3 Å². The Balaban J connectivity index is 0.000000379. The van der Waals surface area contributed by atoms with Crippen molar-refractivity contribution in [3.05, 3.63) is 66.7 Å². The zero-order chi connectivity index (χ0) is 40.1. The molecule has 0 radical (unpaired) electrons. The summed E-state index contributed by atoms with van der Waals surface area (Å²) in [6.45, 7) is 4.47. The number of halogens is 9. The molecule has 4 heterocycles. The molecule has 23 heteroatoms. The number of carboxylic acids is 3. The van der Waals surface area contributed by atoms with Crippen LogP contribution in [0.3, 0.4) is 0 Å². The summed E-state index contributed by atoms with van der Waals surface area (Å²) in [4.78, 5) is 45.1. The molecule has 53 heavy (non-hydrogen) atoms. The SMILES string of the molecule is COc1cccc(-c2cnc3c(N4CCN(Cc5cccnc5OC)CC4)nccn23)c1.O=C(O)C(F)(F)F.O=C(O)C(F)(F)F.O=C(O)C(F)(F)F. The fraction of sp³-hybridized carbons (Fsp3) is 0.333. The average molecular weight is 773 g/mol. The van der Waals surface area contributed by atoms with Crippen LogP contribution in [0, 0.1) is 0 Å². The molecule has 1 aliphatic heterocycles. The number of aromatic nitrogens is 4. The van der Waals surface area contributed by atoms with Gasteiger partial charge in [0.2, 0.25) is 5.88 Å². The Kier molecular flexibility index (Phi) is 15.2. The highest BCUT2D eigenvalue weighted by molar-refractivity contribution is 5.74. The van der Waals surface area contributed by atoms with Crippen LogP contribution < -0.4 is 14.4 Å². The number of aliphatic carboxylic acids is 3. The van der Waals surface area contributed by atoms with Crippen LogP contribution in [0.15, 0.2) is 61.2 Å². The number of rotatable bonds is 6. The molecule has 14 nitrogen and oxygen atoms in total. The monoisotopic (exact) mass is 772 g/mol. The van der Waals surface area contributed by atoms with E-state index in [1.807, 2.05) is 42.9 Å². The standard InChI is InChI=1S/C24H26N6O2.3C2HF3O2/c1-31-20-7-3-5-18(15-20)21-16-27-23-22(25-9-10-30(21)23)29-13-11-28(12-14-29)17-19-6-4-8-26-24(19)32-2;3*3-2(4,5)1(6)7/h3-10,15-16H,11-14,17H2,1-2H3;3*(H,6,7). The molecule has 3 N–H and O–H groups in total. The first-order chi connectivity index (χ1) is 24.6. The van der Waals surface area contributed by atoms with Gasteiger partial charge < -0.3 is 29.7 Å². The lowest BCUT2D eigenvalue weighted by Crippen LogP contribution is -2.46. The minimum atomic E-state index is -5.08. The van der Waals surface area contributed by atoms with Crippen molar-refractivity contribution >= 4 is 29.4 Å². The molecule has 1 aromatic carbocycles. The fourth-order valence-corrected chi connectivity index (χ4v) is 4.21. The lowest BCUT2D eigenvalue weighted by Gasteiger charge is -2.35. The summed E-state index contributed by atoms with van der Waals surface area (Å²) in [5, 5.41) is 21.4. The molecule has 0 bridgehead atoms. The summed E-state index contributed by atoms with van der Waals surface area (Å²) < 4.78 is 108. The molecule has 0 amide bonds. The number of imidazole rings is 1. The lowest BCUT2D eigenvalue weighted by atomic mass is 10.1. The van der Waals surface area contributed by atoms with E-state index in [9.17, 15) is 39.5 Å². The normalized spacial score (nSPS) is 13.3. The van der Waals surface area contributed by atoms with Gasteiger partial charge >= 0.3 is 36.4 Å². The number of fused-ring (bicyclic) bond motifs is 1. The Labute approximate surface area is 292 Å². The molecular weight excluding hydrogens is 743 g/mol. The van der Waals surface area contributed by atoms with Crippen LogP contribution in [0.25, 0.3) is 16.9 Å². The van der Waals surface area contributed by atoms with E-state index in [1.54, 1.807) is 20.4 Å². The van der Waals surface area contributed by atoms with Crippen molar-refractivity contribution in [2.45, 2.75) is 25.1 Å². The summed E-state index contributed by atoms with van der Waals surface area (Å²) in [6, 6.07) is 12.1. The van der Waals surface area contributed by atoms with Crippen LogP contribution in [-0.4, -0.2) is 116 Å². The Morgan fingerprint density at radius 3 is 1.77 bits per heavy atom. The van der Waals surface area contributed by atoms with Gasteiger partial charge in [0.15, 0.2) is 11.5 Å². The first kappa shape index (κ1) is 43.3. The molecule has 290 valence electrons. The third kappa shape index (κ3) is 13.3. The van der Waals surface area contributed by atoms with E-state index in [-0.39, 0.29) is 0 Å². The zero-order valence-corrected chi connectivity index (χ0v) is 27.3. The second kappa shape index (κ2) is 18.6. The van der Waals surface area contributed by atoms with Gasteiger partial charge in [0.1, 0.15) is 5.75 Å². The Morgan fingerprint density at radius 1 is 0.736 bits per heavy atom. The quantitative estimate of drug-likeness (QED) is 0.223. The lowest BCUT2D eigenvalue weighted by molar-refractivity contribution is -0.193. The predicted octanol–water partition coefficient (Wildman–Crippen LogP) is 5.03. The summed E-state index contributed by atoms with van der Waals surface area (Å²) in [5.74, 6) is -5.83. The van der Waals surface area contributed by atoms with Gasteiger partial charge in [-0.25, -0.2) is 29.3 Å². The van der Waals surface area contributed by atoms with Crippen molar-refractivity contribution in [3.8, 4) is 22.9 Å². The maximum absolute atomic E-state index is 10.6. The topological polar surface area (TPSA) is 180 Å². The maximum Gasteiger partial charge on any atom is 0.490 e. The number of piperazine rings is 1. The smallest absolute Gasteiger partial charge is 0.490 e. The second-order valence-electron chi connectivity index (χ2n) is 10.2. The highest BCUT2D eigenvalue weighted by atomic mass is 19.4. The third-order valence-electron chi connectivity index (χ3n) is 6.61. The number of pyridine rings is 1. The number of benzene rings is 1. The number of alkyl halides is 9. The van der Waals surface area contributed by atoms with E-state index < -0.39 is 36.4 Å². The fourth-order valence-electron chi connectivity index (χ4n) is 4.21. The van der Waals surface area contributed by atoms with E-state index in [0.717, 1.165) is 66.8 Å². The predicted molar refractivity (Wildman–Crippen MR) is 164 cm³/mol. The van der Waals surface area contributed by atoms with Gasteiger partial charge in [-0.1, -0.05) is 18.2 Å². The first-order valence-corrected chi connectivity index (χ1v) is 14.4. The Hall–Kier alpha value is -5.87. The molecule has 5 rings (SSSR count). The zero-order valence-electron chi connectivity index (χ0n) is 27.3. The van der Waals surface area contributed by atoms with Gasteiger partial charge in [-0.2, -0.15) is 39.5 Å². The Morgan fingerprint density at radius 2 is 1.28 bits per heavy atom. The van der Waals surface area contributed by atoms with Gasteiger partial charge in [-0.05, 0) is 18.2 Å². The van der Waals surface area contributed by atoms with Gasteiger partial charge in [0, 0.05) is 62.4 Å². The first-order valence-electron chi connectivity index (χ1n) is 14.4. The van der Waals surface area contributed by atoms with Crippen LogP contribution in [0.1, 0.15) is 5.56 Å². The number of ether oxygens (including phenoxy) is 2. The van der Waals surface area contributed by atoms with Crippen molar-refractivity contribution in [1.29, 1.82) is 0 Å². The number of carbonyl (C=O) groups is 3. The number of carboxylic acid groups (broad SMARTS) is 3. The highest BCUT2D eigenvalue weighted by Crippen LogP contribution is 2.28. The minimum Gasteiger partial charge on any atom is -0.497 e. The molecule has 1 saturated heterocycles. The average Bonchev–Trinajstić information content (AvgIpc) is 3.53. The highest BCUT2D eigenvalue weighted by Gasteiger charge is 2.39. The maximum atomic E-state index is 10.6. The van der Waals surface area contributed by atoms with Crippen molar-refractivity contribution in [1.82, 2.24) is 24.3 Å². The Bertz CT molecular complexity index is 1770. The van der Waals surface area contributed by atoms with Crippen molar-refractivity contribution < 1.29 is 78.7 Å². The number of hydrogen-bond acceptors (Lipinski definition) is 10. The van der Waals surface area contributed by atoms with Gasteiger partial charge in [-0.15, -0.1) is 0 Å². The van der Waals surface area contributed by atoms with Gasteiger partial charge in [-0.3, -0.25) is 9.30 Å². The largest absolute Gasteiger partial charge is 0.497 e. The molecule has 3 aromatic heterocycles. The minimum absolute atomic E-state index is 0.698. The summed E-state index contributed by atoms with van der Waals surface area (Å²) >= 11 is 0. The van der Waals surface area contributed by atoms with E-state index in [2.05, 4.69) is 36.3 Å². The summed E-state index contributed by atoms with van der Waals surface area (Å²) in [6.07, 6.45) is -7.77. The van der Waals surface area contributed by atoms with Crippen LogP contribution >= 0.6 is 0 Å². The molecule has 1 aliphatic rings. The summed E-state index contributed by atoms with van der Waals surface area (Å²) in [5.41, 5.74) is 4.06. The number of hydrogen-bond donors (Lipinski definition) is 3. The van der Waals surface area contributed by atoms with Gasteiger partial charge in [0.25, 0.3) is 0 Å². The number of nitrogens with zero attached hydrogens (tertiary/aromatic N) is 6. The van der Waals surface area contributed by atoms with Crippen molar-refractivity contribution in [2.24, 2.45) is 0 Å². The molecule has 0 spiro atoms. The molecule has 0 aliphatic carbocycles. The van der Waals surface area contributed by atoms with Crippen molar-refractivity contribution in [2.75, 3.05) is 45.3 Å². The number of anilines is 1. The third-order valence-corrected chi connectivity index (χ3v) is 6.61. The molecule has 0 saturated carbocycles. The van der Waals surface area contributed by atoms with E-state index in [4.69, 9.17) is 44.2 Å². The van der Waals surface area contributed by atoms with Crippen LogP contribution in [0.5, 0.6) is 11.6 Å². The van der Waals surface area contributed by atoms with E-state index >= 15 is 0 Å². The van der Waals surface area contributed by atoms with Crippen molar-refractivity contribution in [3.63, 3.8) is 0 Å². The molecule has 0 unspecified atom stereocenters. The summed E-state index contributed by atoms with van der Waals surface area (Å²) in [7, 11) is 3.35. The molecule has 4 aromatic rings. The number of methoxy groups -OCH3 is 2. The molecular formula is C30H29F9N6O8. The second-order valence-corrected chi connectivity index (χ2v) is 10.2. The molecule has 1 fully saturated rings. The van der Waals surface area contributed by atoms with Crippen LogP contribution in [-0.2, 0) is 20.9 Å².